The second-order valence-corrected chi connectivity index (χ2v) is 5.87. The highest BCUT2D eigenvalue weighted by Crippen LogP contribution is 2.28. The van der Waals surface area contributed by atoms with Gasteiger partial charge in [-0.2, -0.15) is 0 Å². The summed E-state index contributed by atoms with van der Waals surface area (Å²) in [5, 5.41) is 12.9. The fourth-order valence-electron chi connectivity index (χ4n) is 2.00. The third-order valence-electron chi connectivity index (χ3n) is 2.92. The van der Waals surface area contributed by atoms with Crippen LogP contribution in [-0.2, 0) is 6.54 Å². The molecule has 0 radical (unpaired) electrons. The Morgan fingerprint density at radius 3 is 2.95 bits per heavy atom. The van der Waals surface area contributed by atoms with Crippen LogP contribution in [0.15, 0.2) is 36.0 Å². The minimum atomic E-state index is 0.0728. The number of imidazole rings is 1. The van der Waals surface area contributed by atoms with Gasteiger partial charge in [-0.25, -0.2) is 9.97 Å². The first-order valence-corrected chi connectivity index (χ1v) is 7.30. The van der Waals surface area contributed by atoms with E-state index >= 15 is 0 Å². The van der Waals surface area contributed by atoms with Gasteiger partial charge in [-0.15, -0.1) is 11.3 Å². The van der Waals surface area contributed by atoms with Crippen molar-refractivity contribution >= 4 is 22.9 Å². The van der Waals surface area contributed by atoms with Crippen LogP contribution in [0.2, 0.25) is 5.02 Å². The maximum atomic E-state index is 9.48. The largest absolute Gasteiger partial charge is 0.506 e. The number of rotatable bonds is 3. The van der Waals surface area contributed by atoms with E-state index in [4.69, 9.17) is 11.6 Å². The summed E-state index contributed by atoms with van der Waals surface area (Å²) in [6.45, 7) is 2.65. The average molecular weight is 306 g/mol. The molecule has 0 spiro atoms. The van der Waals surface area contributed by atoms with Gasteiger partial charge in [-0.1, -0.05) is 11.6 Å². The quantitative estimate of drug-likeness (QED) is 0.802. The van der Waals surface area contributed by atoms with E-state index in [9.17, 15) is 5.11 Å². The van der Waals surface area contributed by atoms with Crippen molar-refractivity contribution in [2.45, 2.75) is 13.5 Å². The van der Waals surface area contributed by atoms with Crippen molar-refractivity contribution in [3.8, 4) is 17.1 Å². The van der Waals surface area contributed by atoms with E-state index in [1.807, 2.05) is 23.1 Å². The molecule has 0 bridgehead atoms. The van der Waals surface area contributed by atoms with Crippen LogP contribution in [0.25, 0.3) is 11.4 Å². The highest BCUT2D eigenvalue weighted by atomic mass is 35.5. The summed E-state index contributed by atoms with van der Waals surface area (Å²) < 4.78 is 2.01. The number of hydrogen-bond acceptors (Lipinski definition) is 4. The third kappa shape index (κ3) is 2.55. The molecule has 0 saturated heterocycles. The molecule has 6 heteroatoms. The van der Waals surface area contributed by atoms with Crippen LogP contribution in [0.1, 0.15) is 10.7 Å². The molecule has 102 valence electrons. The van der Waals surface area contributed by atoms with Crippen molar-refractivity contribution in [1.29, 1.82) is 0 Å². The molecular formula is C14H12ClN3OS. The highest BCUT2D eigenvalue weighted by molar-refractivity contribution is 7.09. The van der Waals surface area contributed by atoms with Gasteiger partial charge in [-0.05, 0) is 25.1 Å². The summed E-state index contributed by atoms with van der Waals surface area (Å²) in [6, 6.07) is 5.08. The second-order valence-electron chi connectivity index (χ2n) is 4.40. The number of nitrogens with zero attached hydrogens (tertiary/aromatic N) is 3. The van der Waals surface area contributed by atoms with E-state index in [0.29, 0.717) is 11.6 Å². The van der Waals surface area contributed by atoms with Gasteiger partial charge >= 0.3 is 0 Å². The minimum Gasteiger partial charge on any atom is -0.506 e. The molecule has 2 aromatic heterocycles. The first-order chi connectivity index (χ1) is 9.63. The van der Waals surface area contributed by atoms with Crippen molar-refractivity contribution in [2.24, 2.45) is 0 Å². The normalized spacial score (nSPS) is 10.9. The number of benzene rings is 1. The fraction of sp³-hybridized carbons (Fsp3) is 0.143. The van der Waals surface area contributed by atoms with Crippen LogP contribution in [0.5, 0.6) is 5.75 Å². The van der Waals surface area contributed by atoms with Gasteiger partial charge in [0.2, 0.25) is 0 Å². The number of aromatic nitrogens is 3. The first-order valence-electron chi connectivity index (χ1n) is 6.04. The zero-order valence-corrected chi connectivity index (χ0v) is 12.3. The SMILES string of the molecule is Cc1nc(Cn2ccnc2-c2ccc(O)c(Cl)c2)cs1. The molecule has 3 aromatic rings. The summed E-state index contributed by atoms with van der Waals surface area (Å²) in [5.74, 6) is 0.876. The van der Waals surface area contributed by atoms with Crippen molar-refractivity contribution in [1.82, 2.24) is 14.5 Å². The van der Waals surface area contributed by atoms with Crippen molar-refractivity contribution in [3.05, 3.63) is 51.7 Å². The van der Waals surface area contributed by atoms with Gasteiger partial charge < -0.3 is 9.67 Å². The lowest BCUT2D eigenvalue weighted by Gasteiger charge is -2.07. The number of hydrogen-bond donors (Lipinski definition) is 1. The molecule has 0 fully saturated rings. The molecule has 1 aromatic carbocycles. The Morgan fingerprint density at radius 2 is 2.25 bits per heavy atom. The smallest absolute Gasteiger partial charge is 0.140 e. The maximum absolute atomic E-state index is 9.48. The second kappa shape index (κ2) is 5.26. The van der Waals surface area contributed by atoms with Gasteiger partial charge in [0, 0.05) is 23.3 Å². The Labute approximate surface area is 125 Å². The Hall–Kier alpha value is -1.85. The first kappa shape index (κ1) is 13.1. The summed E-state index contributed by atoms with van der Waals surface area (Å²) in [5.41, 5.74) is 1.88. The lowest BCUT2D eigenvalue weighted by atomic mass is 10.2. The molecule has 20 heavy (non-hydrogen) atoms. The predicted molar refractivity (Wildman–Crippen MR) is 80.3 cm³/mol. The summed E-state index contributed by atoms with van der Waals surface area (Å²) >= 11 is 7.58. The Balaban J connectivity index is 1.95. The topological polar surface area (TPSA) is 50.9 Å². The van der Waals surface area contributed by atoms with Crippen LogP contribution < -0.4 is 0 Å². The molecule has 0 amide bonds. The van der Waals surface area contributed by atoms with Gasteiger partial charge in [0.05, 0.1) is 22.3 Å². The summed E-state index contributed by atoms with van der Waals surface area (Å²) in [6.07, 6.45) is 3.65. The van der Waals surface area contributed by atoms with Crippen molar-refractivity contribution in [2.75, 3.05) is 0 Å². The van der Waals surface area contributed by atoms with Crippen LogP contribution in [0.3, 0.4) is 0 Å². The molecule has 0 atom stereocenters. The monoisotopic (exact) mass is 305 g/mol. The number of phenols is 1. The molecule has 0 unspecified atom stereocenters. The minimum absolute atomic E-state index is 0.0728. The Morgan fingerprint density at radius 1 is 1.40 bits per heavy atom. The third-order valence-corrected chi connectivity index (χ3v) is 4.05. The lowest BCUT2D eigenvalue weighted by molar-refractivity contribution is 0.475. The molecule has 1 N–H and O–H groups in total. The number of aromatic hydroxyl groups is 1. The number of thiazole rings is 1. The molecule has 3 rings (SSSR count). The van der Waals surface area contributed by atoms with Crippen molar-refractivity contribution < 1.29 is 5.11 Å². The summed E-state index contributed by atoms with van der Waals surface area (Å²) in [4.78, 5) is 8.81. The molecule has 0 saturated carbocycles. The lowest BCUT2D eigenvalue weighted by Crippen LogP contribution is -2.01. The molecule has 2 heterocycles. The highest BCUT2D eigenvalue weighted by Gasteiger charge is 2.09. The van der Waals surface area contributed by atoms with Gasteiger partial charge in [0.15, 0.2) is 0 Å². The van der Waals surface area contributed by atoms with Gasteiger partial charge in [0.1, 0.15) is 11.6 Å². The molecule has 4 nitrogen and oxygen atoms in total. The summed E-state index contributed by atoms with van der Waals surface area (Å²) in [7, 11) is 0. The molecule has 0 aliphatic rings. The molecule has 0 aliphatic carbocycles. The number of halogens is 1. The predicted octanol–water partition coefficient (Wildman–Crippen LogP) is 3.72. The zero-order valence-electron chi connectivity index (χ0n) is 10.7. The fourth-order valence-corrected chi connectivity index (χ4v) is 2.78. The number of aryl methyl sites for hydroxylation is 1. The molecule has 0 aliphatic heterocycles. The van der Waals surface area contributed by atoms with E-state index in [2.05, 4.69) is 9.97 Å². The van der Waals surface area contributed by atoms with Gasteiger partial charge in [0.25, 0.3) is 0 Å². The van der Waals surface area contributed by atoms with Crippen molar-refractivity contribution in [3.63, 3.8) is 0 Å². The van der Waals surface area contributed by atoms with Crippen LogP contribution >= 0.6 is 22.9 Å². The standard InChI is InChI=1S/C14H12ClN3OS/c1-9-17-11(8-20-9)7-18-5-4-16-14(18)10-2-3-13(19)12(15)6-10/h2-6,8,19H,7H2,1H3. The maximum Gasteiger partial charge on any atom is 0.140 e. The zero-order chi connectivity index (χ0) is 14.1. The Kier molecular flexibility index (Phi) is 3.46. The molecular weight excluding hydrogens is 294 g/mol. The van der Waals surface area contributed by atoms with Crippen LogP contribution in [0, 0.1) is 6.92 Å². The van der Waals surface area contributed by atoms with Crippen LogP contribution in [-0.4, -0.2) is 19.6 Å². The Bertz CT molecular complexity index is 750. The van der Waals surface area contributed by atoms with Crippen LogP contribution in [0.4, 0.5) is 0 Å². The van der Waals surface area contributed by atoms with Gasteiger partial charge in [-0.3, -0.25) is 0 Å². The van der Waals surface area contributed by atoms with E-state index in [0.717, 1.165) is 22.1 Å². The van der Waals surface area contributed by atoms with E-state index in [-0.39, 0.29) is 5.75 Å². The van der Waals surface area contributed by atoms with E-state index < -0.39 is 0 Å². The average Bonchev–Trinajstić information content (AvgIpc) is 3.03. The van der Waals surface area contributed by atoms with E-state index in [1.165, 1.54) is 0 Å². The number of phenolic OH excluding ortho intramolecular Hbond substituents is 1. The van der Waals surface area contributed by atoms with E-state index in [1.54, 1.807) is 35.7 Å².